The molecule has 0 radical (unpaired) electrons. The Morgan fingerprint density at radius 3 is 1.89 bits per heavy atom. The third kappa shape index (κ3) is 9.36. The highest BCUT2D eigenvalue weighted by molar-refractivity contribution is 5.91. The van der Waals surface area contributed by atoms with Crippen LogP contribution in [0.1, 0.15) is 83.5 Å². The molecule has 4 N–H and O–H groups in total. The van der Waals surface area contributed by atoms with Crippen LogP contribution in [0.25, 0.3) is 33.6 Å². The van der Waals surface area contributed by atoms with Gasteiger partial charge in [0.05, 0.1) is 49.6 Å². The summed E-state index contributed by atoms with van der Waals surface area (Å²) in [6.07, 6.45) is 15.0. The van der Waals surface area contributed by atoms with Crippen molar-refractivity contribution in [1.82, 2.24) is 40.4 Å². The number of rotatable bonds is 14. The summed E-state index contributed by atoms with van der Waals surface area (Å²) in [7, 11) is 2.95. The van der Waals surface area contributed by atoms with Gasteiger partial charge >= 0.3 is 6.09 Å². The highest BCUT2D eigenvalue weighted by atomic mass is 16.5. The second kappa shape index (κ2) is 18.4. The Labute approximate surface area is 369 Å². The van der Waals surface area contributed by atoms with Gasteiger partial charge in [0.1, 0.15) is 23.7 Å². The van der Waals surface area contributed by atoms with Gasteiger partial charge in [-0.25, -0.2) is 14.8 Å². The summed E-state index contributed by atoms with van der Waals surface area (Å²) < 4.78 is 10.3. The zero-order chi connectivity index (χ0) is 44.4. The molecule has 4 heterocycles. The zero-order valence-corrected chi connectivity index (χ0v) is 37.1. The number of nitrogens with zero attached hydrogens (tertiary/aromatic N) is 4. The molecule has 14 nitrogen and oxygen atoms in total. The van der Waals surface area contributed by atoms with E-state index < -0.39 is 23.6 Å². The number of amides is 4. The van der Waals surface area contributed by atoms with E-state index in [0.29, 0.717) is 38.4 Å². The van der Waals surface area contributed by atoms with E-state index in [9.17, 15) is 19.2 Å². The SMILES string of the molecule is COC[C@H]1C[C@@H](c2ncc(-c3ccc(-c4ccc(-c5cnc([C@@H]6C[C@H](C)CN6C(=O)[C@H](NC(=O)C6CC6)C6(C)C=CC=CC6)[nH]5)cc4)cc3)[nH]2)N(C(=O)[C@@H](NC(=O)OC)C(C)C)C1. The third-order valence-corrected chi connectivity index (χ3v) is 13.2. The molecule has 1 unspecified atom stereocenters. The molecule has 4 aromatic rings. The molecule has 0 spiro atoms. The van der Waals surface area contributed by atoms with Gasteiger partial charge in [-0.15, -0.1) is 0 Å². The zero-order valence-electron chi connectivity index (χ0n) is 37.1. The average molecular weight is 857 g/mol. The number of ether oxygens (including phenoxy) is 2. The molecule has 3 fully saturated rings. The summed E-state index contributed by atoms with van der Waals surface area (Å²) in [5.41, 5.74) is 5.24. The Balaban J connectivity index is 0.945. The van der Waals surface area contributed by atoms with Crippen LogP contribution in [0.2, 0.25) is 0 Å². The first-order valence-electron chi connectivity index (χ1n) is 22.3. The number of nitrogens with one attached hydrogen (secondary N) is 4. The average Bonchev–Trinajstić information content (AvgIpc) is 3.61. The first-order chi connectivity index (χ1) is 30.3. The van der Waals surface area contributed by atoms with Crippen molar-refractivity contribution in [3.63, 3.8) is 0 Å². The summed E-state index contributed by atoms with van der Waals surface area (Å²) in [5.74, 6) is 1.43. The monoisotopic (exact) mass is 856 g/mol. The van der Waals surface area contributed by atoms with E-state index in [1.165, 1.54) is 7.11 Å². The number of aromatic amines is 2. The number of benzene rings is 2. The minimum atomic E-state index is -0.740. The molecule has 7 atom stereocenters. The van der Waals surface area contributed by atoms with Crippen molar-refractivity contribution < 1.29 is 28.7 Å². The van der Waals surface area contributed by atoms with Crippen molar-refractivity contribution in [1.29, 1.82) is 0 Å². The van der Waals surface area contributed by atoms with Gasteiger partial charge in [-0.3, -0.25) is 14.4 Å². The lowest BCUT2D eigenvalue weighted by Crippen LogP contribution is -2.56. The Kier molecular flexibility index (Phi) is 12.7. The van der Waals surface area contributed by atoms with E-state index >= 15 is 0 Å². The predicted octanol–water partition coefficient (Wildman–Crippen LogP) is 7.38. The summed E-state index contributed by atoms with van der Waals surface area (Å²) in [6.45, 7) is 9.62. The van der Waals surface area contributed by atoms with E-state index in [1.54, 1.807) is 18.2 Å². The van der Waals surface area contributed by atoms with Crippen molar-refractivity contribution >= 4 is 23.8 Å². The van der Waals surface area contributed by atoms with Gasteiger partial charge in [0.2, 0.25) is 17.7 Å². The number of methoxy groups -OCH3 is 2. The number of imidazole rings is 2. The molecule has 14 heteroatoms. The summed E-state index contributed by atoms with van der Waals surface area (Å²) >= 11 is 0. The molecule has 63 heavy (non-hydrogen) atoms. The third-order valence-electron chi connectivity index (χ3n) is 13.2. The molecular weight excluding hydrogens is 797 g/mol. The first-order valence-corrected chi connectivity index (χ1v) is 22.3. The maximum Gasteiger partial charge on any atom is 0.407 e. The molecular formula is C49H60N8O6. The maximum absolute atomic E-state index is 14.5. The molecule has 8 rings (SSSR count). The van der Waals surface area contributed by atoms with Crippen LogP contribution in [0.3, 0.4) is 0 Å². The lowest BCUT2D eigenvalue weighted by molar-refractivity contribution is -0.140. The smallest absolute Gasteiger partial charge is 0.407 e. The Morgan fingerprint density at radius 2 is 1.37 bits per heavy atom. The fourth-order valence-electron chi connectivity index (χ4n) is 9.44. The lowest BCUT2D eigenvalue weighted by atomic mass is 9.76. The number of hydrogen-bond acceptors (Lipinski definition) is 8. The van der Waals surface area contributed by atoms with Crippen molar-refractivity contribution in [2.75, 3.05) is 33.9 Å². The van der Waals surface area contributed by atoms with Crippen LogP contribution in [0.15, 0.2) is 85.2 Å². The standard InChI is InChI=1S/C49H60N8O6/c1-29(2)41(54-48(61)63-6)46(59)57-27-31(28-62-5)23-40(57)44-51-25-38(53-44)35-16-12-33(13-17-35)32-10-14-34(15-11-32)37-24-50-43(52-37)39-22-30(3)26-56(39)47(60)42(55-45(58)36-18-19-36)49(4)20-8-7-9-21-49/h7-17,20,24-25,29-31,36,39-42H,18-19,21-23,26-28H2,1-6H3,(H,50,52)(H,51,53)(H,54,61)(H,55,58)/t30-,31-,39-,40-,41-,42-,49?/m0/s1. The fraction of sp³-hybridized carbons (Fsp3) is 0.469. The second-order valence-electron chi connectivity index (χ2n) is 18.5. The van der Waals surface area contributed by atoms with Crippen LogP contribution in [0, 0.1) is 29.1 Å². The first kappa shape index (κ1) is 43.6. The number of carbonyl (C=O) groups is 4. The number of carbonyl (C=O) groups excluding carboxylic acids is 4. The van der Waals surface area contributed by atoms with Crippen LogP contribution in [-0.2, 0) is 23.9 Å². The van der Waals surface area contributed by atoms with Gasteiger partial charge in [0, 0.05) is 37.5 Å². The molecule has 2 aliphatic heterocycles. The molecule has 2 aromatic carbocycles. The van der Waals surface area contributed by atoms with Crippen LogP contribution in [-0.4, -0.2) is 99.6 Å². The quantitative estimate of drug-likeness (QED) is 0.102. The van der Waals surface area contributed by atoms with E-state index in [0.717, 1.165) is 58.7 Å². The van der Waals surface area contributed by atoms with Crippen LogP contribution >= 0.6 is 0 Å². The summed E-state index contributed by atoms with van der Waals surface area (Å²) in [6, 6.07) is 14.7. The maximum atomic E-state index is 14.5. The van der Waals surface area contributed by atoms with Crippen molar-refractivity contribution in [3.05, 3.63) is 96.9 Å². The number of alkyl carbamates (subject to hydrolysis) is 1. The Bertz CT molecular complexity index is 2350. The van der Waals surface area contributed by atoms with E-state index in [4.69, 9.17) is 19.4 Å². The highest BCUT2D eigenvalue weighted by Crippen LogP contribution is 2.41. The van der Waals surface area contributed by atoms with Gasteiger partial charge in [-0.05, 0) is 66.2 Å². The fourth-order valence-corrected chi connectivity index (χ4v) is 9.44. The second-order valence-corrected chi connectivity index (χ2v) is 18.5. The molecule has 1 saturated carbocycles. The van der Waals surface area contributed by atoms with Gasteiger partial charge in [-0.1, -0.05) is 101 Å². The Hall–Kier alpha value is -6.02. The number of hydrogen-bond donors (Lipinski definition) is 4. The molecule has 2 aliphatic carbocycles. The Morgan fingerprint density at radius 1 is 0.794 bits per heavy atom. The number of likely N-dealkylation sites (tertiary alicyclic amines) is 2. The van der Waals surface area contributed by atoms with Gasteiger partial charge in [0.15, 0.2) is 0 Å². The van der Waals surface area contributed by atoms with Crippen LogP contribution in [0.5, 0.6) is 0 Å². The molecule has 4 aliphatic rings. The summed E-state index contributed by atoms with van der Waals surface area (Å²) in [5, 5.41) is 5.89. The lowest BCUT2D eigenvalue weighted by Gasteiger charge is -2.38. The van der Waals surface area contributed by atoms with Gasteiger partial charge in [-0.2, -0.15) is 0 Å². The van der Waals surface area contributed by atoms with Gasteiger partial charge < -0.3 is 39.9 Å². The van der Waals surface area contributed by atoms with E-state index in [2.05, 4.69) is 95.1 Å². The number of aromatic nitrogens is 4. The van der Waals surface area contributed by atoms with Crippen LogP contribution < -0.4 is 10.6 Å². The minimum Gasteiger partial charge on any atom is -0.453 e. The molecule has 2 saturated heterocycles. The van der Waals surface area contributed by atoms with Crippen molar-refractivity contribution in [3.8, 4) is 33.6 Å². The van der Waals surface area contributed by atoms with E-state index in [1.807, 2.05) is 37.1 Å². The topological polar surface area (TPSA) is 175 Å². The minimum absolute atomic E-state index is 0.00309. The van der Waals surface area contributed by atoms with Crippen LogP contribution in [0.4, 0.5) is 4.79 Å². The largest absolute Gasteiger partial charge is 0.453 e. The molecule has 0 bridgehead atoms. The highest BCUT2D eigenvalue weighted by Gasteiger charge is 2.47. The molecule has 332 valence electrons. The molecule has 2 aromatic heterocycles. The number of H-pyrrole nitrogens is 2. The van der Waals surface area contributed by atoms with Gasteiger partial charge in [0.25, 0.3) is 0 Å². The van der Waals surface area contributed by atoms with Crippen molar-refractivity contribution in [2.45, 2.75) is 84.0 Å². The summed E-state index contributed by atoms with van der Waals surface area (Å²) in [4.78, 5) is 73.9. The normalized spacial score (nSPS) is 24.1. The number of allylic oxidation sites excluding steroid dienone is 3. The molecule has 4 amide bonds. The van der Waals surface area contributed by atoms with Crippen molar-refractivity contribution in [2.24, 2.45) is 29.1 Å². The van der Waals surface area contributed by atoms with E-state index in [-0.39, 0.29) is 53.5 Å². The predicted molar refractivity (Wildman–Crippen MR) is 240 cm³/mol.